The summed E-state index contributed by atoms with van der Waals surface area (Å²) in [5.74, 6) is 2.93. The molecule has 0 radical (unpaired) electrons. The van der Waals surface area contributed by atoms with Crippen LogP contribution in [0.3, 0.4) is 0 Å². The Morgan fingerprint density at radius 1 is 0.822 bits per heavy atom. The normalized spacial score (nSPS) is 18.7. The molecule has 228 valence electrons. The number of hydrogen-bond donors (Lipinski definition) is 1. The minimum absolute atomic E-state index is 0.00399. The summed E-state index contributed by atoms with van der Waals surface area (Å²) >= 11 is 0. The highest BCUT2D eigenvalue weighted by molar-refractivity contribution is 6.13. The van der Waals surface area contributed by atoms with Crippen LogP contribution in [0.2, 0.25) is 0 Å². The van der Waals surface area contributed by atoms with Crippen molar-refractivity contribution in [2.24, 2.45) is 4.99 Å². The maximum atomic E-state index is 10.4. The van der Waals surface area contributed by atoms with Crippen molar-refractivity contribution in [3.8, 4) is 17.4 Å². The fourth-order valence-electron chi connectivity index (χ4n) is 7.33. The van der Waals surface area contributed by atoms with Crippen molar-refractivity contribution in [2.45, 2.75) is 77.3 Å². The minimum atomic E-state index is 0.00399. The zero-order valence-corrected chi connectivity index (χ0v) is 27.0. The van der Waals surface area contributed by atoms with Crippen LogP contribution in [0.25, 0.3) is 10.9 Å². The van der Waals surface area contributed by atoms with E-state index < -0.39 is 0 Å². The lowest BCUT2D eigenvalue weighted by Crippen LogP contribution is -2.45. The van der Waals surface area contributed by atoms with Crippen molar-refractivity contribution in [1.82, 2.24) is 4.98 Å². The fourth-order valence-corrected chi connectivity index (χ4v) is 7.33. The number of aromatic nitrogens is 1. The number of amidine groups is 1. The first-order valence-electron chi connectivity index (χ1n) is 16.1. The topological polar surface area (TPSA) is 58.0 Å². The van der Waals surface area contributed by atoms with Crippen molar-refractivity contribution in [3.05, 3.63) is 125 Å². The van der Waals surface area contributed by atoms with Crippen LogP contribution < -0.4 is 9.64 Å². The average Bonchev–Trinajstić information content (AvgIpc) is 3.39. The molecule has 2 atom stereocenters. The van der Waals surface area contributed by atoms with E-state index in [1.807, 2.05) is 36.4 Å². The smallest absolute Gasteiger partial charge is 0.219 e. The van der Waals surface area contributed by atoms with Crippen LogP contribution in [0, 0.1) is 0 Å². The van der Waals surface area contributed by atoms with Gasteiger partial charge in [-0.15, -0.1) is 0 Å². The summed E-state index contributed by atoms with van der Waals surface area (Å²) in [5.41, 5.74) is 8.23. The Morgan fingerprint density at radius 3 is 2.29 bits per heavy atom. The van der Waals surface area contributed by atoms with Crippen molar-refractivity contribution < 1.29 is 9.84 Å². The molecule has 5 heteroatoms. The Balaban J connectivity index is 1.37. The Kier molecular flexibility index (Phi) is 7.15. The van der Waals surface area contributed by atoms with E-state index in [2.05, 4.69) is 106 Å². The van der Waals surface area contributed by atoms with E-state index in [1.54, 1.807) is 6.07 Å². The summed E-state index contributed by atoms with van der Waals surface area (Å²) in [6, 6.07) is 33.2. The van der Waals surface area contributed by atoms with E-state index in [0.717, 1.165) is 23.2 Å². The zero-order valence-electron chi connectivity index (χ0n) is 27.0. The van der Waals surface area contributed by atoms with Gasteiger partial charge < -0.3 is 14.7 Å². The molecular formula is C40H41N3O2. The number of benzene rings is 4. The molecule has 1 N–H and O–H groups in total. The van der Waals surface area contributed by atoms with Crippen LogP contribution in [0.4, 0.5) is 5.69 Å². The average molecular weight is 596 g/mol. The molecule has 0 saturated heterocycles. The number of aliphatic imine (C=N–C) groups is 1. The fraction of sp³-hybridized carbons (Fsp3) is 0.300. The molecule has 45 heavy (non-hydrogen) atoms. The lowest BCUT2D eigenvalue weighted by molar-refractivity contribution is 0.363. The van der Waals surface area contributed by atoms with E-state index in [-0.39, 0.29) is 23.2 Å². The highest BCUT2D eigenvalue weighted by atomic mass is 16.5. The predicted molar refractivity (Wildman–Crippen MR) is 184 cm³/mol. The van der Waals surface area contributed by atoms with Crippen LogP contribution >= 0.6 is 0 Å². The third-order valence-corrected chi connectivity index (χ3v) is 9.49. The maximum absolute atomic E-state index is 10.4. The first kappa shape index (κ1) is 29.1. The predicted octanol–water partition coefficient (Wildman–Crippen LogP) is 10.0. The number of phenolic OH excluding ortho intramolecular Hbond substituents is 1. The molecule has 5 nitrogen and oxygen atoms in total. The number of phenols is 1. The van der Waals surface area contributed by atoms with Gasteiger partial charge in [0.1, 0.15) is 22.9 Å². The molecule has 1 aliphatic carbocycles. The van der Waals surface area contributed by atoms with Gasteiger partial charge in [-0.3, -0.25) is 4.99 Å². The molecule has 2 heterocycles. The third kappa shape index (κ3) is 5.04. The van der Waals surface area contributed by atoms with E-state index in [1.165, 1.54) is 27.9 Å². The van der Waals surface area contributed by atoms with Gasteiger partial charge in [-0.1, -0.05) is 108 Å². The Labute approximate surface area is 266 Å². The molecule has 0 amide bonds. The van der Waals surface area contributed by atoms with Gasteiger partial charge in [0.15, 0.2) is 0 Å². The summed E-state index contributed by atoms with van der Waals surface area (Å²) < 4.78 is 6.32. The largest absolute Gasteiger partial charge is 0.506 e. The van der Waals surface area contributed by atoms with Crippen molar-refractivity contribution in [2.75, 3.05) is 4.90 Å². The SMILES string of the molecule is CC(C)c1cccc(C(C)C)c1N1C(c2cccc(Oc3ccc4cccc(O)c4n3)c2)=N[C@H]2c3ccccc3C(C)(C)C[C@@H]21. The summed E-state index contributed by atoms with van der Waals surface area (Å²) in [6.45, 7) is 13.9. The molecule has 0 bridgehead atoms. The molecule has 1 aromatic heterocycles. The molecule has 0 unspecified atom stereocenters. The van der Waals surface area contributed by atoms with Gasteiger partial charge in [0.05, 0.1) is 12.1 Å². The molecule has 7 rings (SSSR count). The molecule has 5 aromatic rings. The first-order valence-corrected chi connectivity index (χ1v) is 16.1. The molecule has 4 aromatic carbocycles. The highest BCUT2D eigenvalue weighted by Gasteiger charge is 2.48. The third-order valence-electron chi connectivity index (χ3n) is 9.49. The number of anilines is 1. The minimum Gasteiger partial charge on any atom is -0.506 e. The van der Waals surface area contributed by atoms with Crippen LogP contribution in [0.5, 0.6) is 17.4 Å². The van der Waals surface area contributed by atoms with Gasteiger partial charge in [-0.05, 0) is 70.2 Å². The van der Waals surface area contributed by atoms with Crippen molar-refractivity contribution in [1.29, 1.82) is 0 Å². The zero-order chi connectivity index (χ0) is 31.5. The second-order valence-electron chi connectivity index (χ2n) is 13.7. The number of pyridine rings is 1. The Hall–Kier alpha value is -4.64. The molecule has 0 saturated carbocycles. The van der Waals surface area contributed by atoms with Gasteiger partial charge in [0, 0.05) is 22.7 Å². The van der Waals surface area contributed by atoms with E-state index >= 15 is 0 Å². The molecule has 1 aliphatic heterocycles. The van der Waals surface area contributed by atoms with Gasteiger partial charge in [0.25, 0.3) is 0 Å². The van der Waals surface area contributed by atoms with E-state index in [9.17, 15) is 5.11 Å². The number of hydrogen-bond acceptors (Lipinski definition) is 5. The van der Waals surface area contributed by atoms with E-state index in [4.69, 9.17) is 9.73 Å². The van der Waals surface area contributed by atoms with Gasteiger partial charge in [-0.2, -0.15) is 0 Å². The van der Waals surface area contributed by atoms with Crippen LogP contribution in [0.1, 0.15) is 93.7 Å². The Morgan fingerprint density at radius 2 is 1.53 bits per heavy atom. The summed E-state index contributed by atoms with van der Waals surface area (Å²) in [5, 5.41) is 11.2. The van der Waals surface area contributed by atoms with E-state index in [0.29, 0.717) is 29.0 Å². The van der Waals surface area contributed by atoms with Gasteiger partial charge >= 0.3 is 0 Å². The number of para-hydroxylation sites is 2. The first-order chi connectivity index (χ1) is 21.6. The number of rotatable bonds is 6. The molecule has 0 fully saturated rings. The lowest BCUT2D eigenvalue weighted by Gasteiger charge is -2.43. The number of ether oxygens (including phenoxy) is 1. The van der Waals surface area contributed by atoms with Gasteiger partial charge in [0.2, 0.25) is 5.88 Å². The Bertz CT molecular complexity index is 1910. The quantitative estimate of drug-likeness (QED) is 0.212. The standard InChI is InChI=1S/C40H41N3O2/c1-24(2)29-16-11-17-30(25(3)4)38(29)43-33-23-40(5,6)32-18-8-7-15-31(32)37(33)42-39(43)27-13-9-14-28(22-27)45-35-21-20-26-12-10-19-34(44)36(26)41-35/h7-22,24-25,33,37,44H,23H2,1-6H3/t33-,37-/m0/s1. The monoisotopic (exact) mass is 595 g/mol. The summed E-state index contributed by atoms with van der Waals surface area (Å²) in [6.07, 6.45) is 0.992. The highest BCUT2D eigenvalue weighted by Crippen LogP contribution is 2.51. The number of nitrogens with zero attached hydrogens (tertiary/aromatic N) is 3. The second-order valence-corrected chi connectivity index (χ2v) is 13.7. The van der Waals surface area contributed by atoms with Crippen molar-refractivity contribution >= 4 is 22.4 Å². The summed E-state index contributed by atoms with van der Waals surface area (Å²) in [4.78, 5) is 12.8. The van der Waals surface area contributed by atoms with Crippen LogP contribution in [-0.2, 0) is 5.41 Å². The van der Waals surface area contributed by atoms with Crippen LogP contribution in [0.15, 0.2) is 102 Å². The molecule has 2 aliphatic rings. The maximum Gasteiger partial charge on any atom is 0.219 e. The second kappa shape index (κ2) is 11.1. The molecular weight excluding hydrogens is 554 g/mol. The lowest BCUT2D eigenvalue weighted by atomic mass is 9.68. The number of aromatic hydroxyl groups is 1. The summed E-state index contributed by atoms with van der Waals surface area (Å²) in [7, 11) is 0. The van der Waals surface area contributed by atoms with Gasteiger partial charge in [-0.25, -0.2) is 4.98 Å². The van der Waals surface area contributed by atoms with Crippen LogP contribution in [-0.4, -0.2) is 22.0 Å². The number of fused-ring (bicyclic) bond motifs is 4. The molecule has 0 spiro atoms. The van der Waals surface area contributed by atoms with Crippen molar-refractivity contribution in [3.63, 3.8) is 0 Å².